The number of rotatable bonds is 4. The molecule has 0 amide bonds. The van der Waals surface area contributed by atoms with Crippen LogP contribution in [0.25, 0.3) is 20.4 Å². The average Bonchev–Trinajstić information content (AvgIpc) is 3.10. The van der Waals surface area contributed by atoms with E-state index in [1.54, 1.807) is 17.7 Å². The average molecular weight is 341 g/mol. The quantitative estimate of drug-likeness (QED) is 0.689. The van der Waals surface area contributed by atoms with Crippen molar-refractivity contribution in [3.8, 4) is 5.88 Å². The summed E-state index contributed by atoms with van der Waals surface area (Å²) in [5.41, 5.74) is 5.25. The third kappa shape index (κ3) is 2.55. The lowest BCUT2D eigenvalue weighted by molar-refractivity contribution is 0.236. The maximum atomic E-state index is 5.90. The molecule has 126 valence electrons. The molecular formula is C19H23N3OS. The first-order valence-corrected chi connectivity index (χ1v) is 9.60. The minimum atomic E-state index is 0.100. The molecule has 0 atom stereocenters. The summed E-state index contributed by atoms with van der Waals surface area (Å²) in [7, 11) is 0. The Labute approximate surface area is 146 Å². The van der Waals surface area contributed by atoms with Crippen molar-refractivity contribution in [1.82, 2.24) is 15.0 Å². The van der Waals surface area contributed by atoms with Crippen molar-refractivity contribution in [3.05, 3.63) is 23.1 Å². The van der Waals surface area contributed by atoms with Crippen molar-refractivity contribution in [2.75, 3.05) is 0 Å². The molecule has 0 spiro atoms. The fourth-order valence-electron chi connectivity index (χ4n) is 3.62. The van der Waals surface area contributed by atoms with Crippen molar-refractivity contribution in [2.45, 2.75) is 59.5 Å². The molecule has 5 heteroatoms. The molecule has 4 rings (SSSR count). The number of hydrogen-bond donors (Lipinski definition) is 0. The summed E-state index contributed by atoms with van der Waals surface area (Å²) in [6.45, 7) is 8.58. The highest BCUT2D eigenvalue weighted by Gasteiger charge is 2.24. The number of fused-ring (bicyclic) bond motifs is 5. The summed E-state index contributed by atoms with van der Waals surface area (Å²) < 4.78 is 6.93. The third-order valence-electron chi connectivity index (χ3n) is 4.47. The summed E-state index contributed by atoms with van der Waals surface area (Å²) in [4.78, 5) is 15.1. The highest BCUT2D eigenvalue weighted by atomic mass is 32.1. The van der Waals surface area contributed by atoms with E-state index in [-0.39, 0.29) is 6.10 Å². The minimum absolute atomic E-state index is 0.100. The second-order valence-electron chi connectivity index (χ2n) is 7.27. The number of aromatic nitrogens is 3. The van der Waals surface area contributed by atoms with E-state index in [2.05, 4.69) is 23.8 Å². The minimum Gasteiger partial charge on any atom is -0.474 e. The van der Waals surface area contributed by atoms with Crippen molar-refractivity contribution in [1.29, 1.82) is 0 Å². The van der Waals surface area contributed by atoms with Crippen LogP contribution in [0.15, 0.2) is 6.33 Å². The molecule has 4 nitrogen and oxygen atoms in total. The van der Waals surface area contributed by atoms with Gasteiger partial charge in [-0.2, -0.15) is 0 Å². The molecule has 0 fully saturated rings. The van der Waals surface area contributed by atoms with Gasteiger partial charge in [0.25, 0.3) is 0 Å². The molecule has 0 aromatic carbocycles. The number of aryl methyl sites for hydroxylation is 1. The Morgan fingerprint density at radius 3 is 2.67 bits per heavy atom. The Balaban J connectivity index is 1.99. The topological polar surface area (TPSA) is 47.9 Å². The second kappa shape index (κ2) is 5.96. The van der Waals surface area contributed by atoms with E-state index in [0.717, 1.165) is 34.3 Å². The number of hydrogen-bond acceptors (Lipinski definition) is 5. The molecule has 0 aliphatic heterocycles. The highest BCUT2D eigenvalue weighted by molar-refractivity contribution is 7.25. The van der Waals surface area contributed by atoms with Crippen LogP contribution in [0.4, 0.5) is 0 Å². The van der Waals surface area contributed by atoms with Crippen LogP contribution >= 0.6 is 11.3 Å². The second-order valence-corrected chi connectivity index (χ2v) is 8.27. The van der Waals surface area contributed by atoms with Gasteiger partial charge in [-0.1, -0.05) is 13.8 Å². The molecule has 3 aromatic heterocycles. The van der Waals surface area contributed by atoms with Gasteiger partial charge in [-0.15, -0.1) is 11.3 Å². The van der Waals surface area contributed by atoms with Gasteiger partial charge in [-0.05, 0) is 56.6 Å². The lowest BCUT2D eigenvalue weighted by Gasteiger charge is -2.11. The number of thiophene rings is 1. The van der Waals surface area contributed by atoms with Crippen LogP contribution in [0.3, 0.4) is 0 Å². The number of pyridine rings is 1. The Bertz CT molecular complexity index is 914. The Morgan fingerprint density at radius 1 is 1.12 bits per heavy atom. The van der Waals surface area contributed by atoms with Crippen LogP contribution in [0.5, 0.6) is 5.88 Å². The first kappa shape index (κ1) is 15.8. The number of ether oxygens (including phenoxy) is 1. The van der Waals surface area contributed by atoms with Crippen LogP contribution in [0.1, 0.15) is 50.9 Å². The zero-order chi connectivity index (χ0) is 16.8. The lowest BCUT2D eigenvalue weighted by atomic mass is 9.99. The van der Waals surface area contributed by atoms with E-state index < -0.39 is 0 Å². The summed E-state index contributed by atoms with van der Waals surface area (Å²) in [6.07, 6.45) is 6.28. The van der Waals surface area contributed by atoms with Gasteiger partial charge >= 0.3 is 0 Å². The van der Waals surface area contributed by atoms with Crippen LogP contribution in [-0.2, 0) is 19.3 Å². The first-order valence-electron chi connectivity index (χ1n) is 8.79. The number of nitrogens with zero attached hydrogens (tertiary/aromatic N) is 3. The molecule has 24 heavy (non-hydrogen) atoms. The summed E-state index contributed by atoms with van der Waals surface area (Å²) >= 11 is 1.68. The fraction of sp³-hybridized carbons (Fsp3) is 0.526. The molecule has 1 aliphatic rings. The molecule has 3 heterocycles. The van der Waals surface area contributed by atoms with E-state index in [1.165, 1.54) is 28.6 Å². The molecule has 1 aliphatic carbocycles. The predicted octanol–water partition coefficient (Wildman–Crippen LogP) is 4.71. The molecule has 0 radical (unpaired) electrons. The SMILES string of the molecule is CC(C)Cc1nc2sc3c(OC(C)C)ncnc3c2c2c1CCC2. The highest BCUT2D eigenvalue weighted by Crippen LogP contribution is 2.42. The smallest absolute Gasteiger partial charge is 0.235 e. The Kier molecular flexibility index (Phi) is 3.91. The van der Waals surface area contributed by atoms with E-state index in [1.807, 2.05) is 13.8 Å². The van der Waals surface area contributed by atoms with E-state index in [9.17, 15) is 0 Å². The fourth-order valence-corrected chi connectivity index (χ4v) is 4.73. The van der Waals surface area contributed by atoms with Gasteiger partial charge in [-0.25, -0.2) is 15.0 Å². The van der Waals surface area contributed by atoms with Crippen LogP contribution < -0.4 is 4.74 Å². The standard InChI is InChI=1S/C19H23N3OS/c1-10(2)8-14-12-6-5-7-13(12)15-16-17(24-19(15)22-14)18(21-9-20-16)23-11(3)4/h9-11H,5-8H2,1-4H3. The maximum absolute atomic E-state index is 5.90. The Hall–Kier alpha value is -1.75. The van der Waals surface area contributed by atoms with Crippen molar-refractivity contribution >= 4 is 31.8 Å². The largest absolute Gasteiger partial charge is 0.474 e. The molecule has 0 saturated carbocycles. The van der Waals surface area contributed by atoms with Crippen LogP contribution in [-0.4, -0.2) is 21.1 Å². The van der Waals surface area contributed by atoms with Crippen LogP contribution in [0.2, 0.25) is 0 Å². The molecule has 0 bridgehead atoms. The zero-order valence-corrected chi connectivity index (χ0v) is 15.5. The molecule has 0 unspecified atom stereocenters. The van der Waals surface area contributed by atoms with Gasteiger partial charge in [0, 0.05) is 11.1 Å². The summed E-state index contributed by atoms with van der Waals surface area (Å²) in [5, 5.41) is 1.24. The third-order valence-corrected chi connectivity index (χ3v) is 5.53. The normalized spacial score (nSPS) is 14.2. The molecule has 0 N–H and O–H groups in total. The molecule has 0 saturated heterocycles. The van der Waals surface area contributed by atoms with Gasteiger partial charge in [0.1, 0.15) is 15.9 Å². The first-order chi connectivity index (χ1) is 11.5. The van der Waals surface area contributed by atoms with Gasteiger partial charge in [-0.3, -0.25) is 0 Å². The van der Waals surface area contributed by atoms with Gasteiger partial charge < -0.3 is 4.74 Å². The van der Waals surface area contributed by atoms with Gasteiger partial charge in [0.15, 0.2) is 0 Å². The lowest BCUT2D eigenvalue weighted by Crippen LogP contribution is -2.07. The maximum Gasteiger partial charge on any atom is 0.235 e. The van der Waals surface area contributed by atoms with Crippen molar-refractivity contribution in [2.24, 2.45) is 5.92 Å². The van der Waals surface area contributed by atoms with E-state index in [0.29, 0.717) is 11.8 Å². The van der Waals surface area contributed by atoms with Crippen molar-refractivity contribution in [3.63, 3.8) is 0 Å². The summed E-state index contributed by atoms with van der Waals surface area (Å²) in [5.74, 6) is 1.31. The van der Waals surface area contributed by atoms with Crippen LogP contribution in [0, 0.1) is 5.92 Å². The van der Waals surface area contributed by atoms with Crippen molar-refractivity contribution < 1.29 is 4.74 Å². The van der Waals surface area contributed by atoms with E-state index in [4.69, 9.17) is 9.72 Å². The predicted molar refractivity (Wildman–Crippen MR) is 99.0 cm³/mol. The molecule has 3 aromatic rings. The monoisotopic (exact) mass is 341 g/mol. The van der Waals surface area contributed by atoms with E-state index >= 15 is 0 Å². The Morgan fingerprint density at radius 2 is 1.92 bits per heavy atom. The zero-order valence-electron chi connectivity index (χ0n) is 14.7. The van der Waals surface area contributed by atoms with Gasteiger partial charge in [0.05, 0.1) is 11.6 Å². The van der Waals surface area contributed by atoms with Gasteiger partial charge in [0.2, 0.25) is 5.88 Å². The molecular weight excluding hydrogens is 318 g/mol. The summed E-state index contributed by atoms with van der Waals surface area (Å²) in [6, 6.07) is 0.